The SMILES string of the molecule is Cc1ccccc1[C@H]1OC2(C(=O)c3ccccc3C2=O)[C@@H]2C(=O)N(c3ccccc3Br)C(=O)[C@H]12. The number of anilines is 1. The number of hydrogen-bond acceptors (Lipinski definition) is 5. The van der Waals surface area contributed by atoms with Crippen molar-refractivity contribution in [1.29, 1.82) is 0 Å². The molecule has 3 aromatic rings. The van der Waals surface area contributed by atoms with Gasteiger partial charge in [0.1, 0.15) is 0 Å². The highest BCUT2D eigenvalue weighted by atomic mass is 79.9. The van der Waals surface area contributed by atoms with Crippen molar-refractivity contribution >= 4 is 45.0 Å². The molecule has 0 radical (unpaired) electrons. The van der Waals surface area contributed by atoms with Crippen LogP contribution in [0.4, 0.5) is 5.69 Å². The Balaban J connectivity index is 1.58. The quantitative estimate of drug-likeness (QED) is 0.372. The molecule has 6 rings (SSSR count). The summed E-state index contributed by atoms with van der Waals surface area (Å²) >= 11 is 3.42. The molecule has 0 N–H and O–H groups in total. The van der Waals surface area contributed by atoms with Gasteiger partial charge in [-0.2, -0.15) is 0 Å². The van der Waals surface area contributed by atoms with Crippen LogP contribution >= 0.6 is 15.9 Å². The molecule has 6 nitrogen and oxygen atoms in total. The number of ketones is 2. The number of hydrogen-bond donors (Lipinski definition) is 0. The number of nitrogens with zero attached hydrogens (tertiary/aromatic N) is 1. The summed E-state index contributed by atoms with van der Waals surface area (Å²) in [6.07, 6.45) is -0.919. The lowest BCUT2D eigenvalue weighted by atomic mass is 9.77. The number of ether oxygens (including phenoxy) is 1. The topological polar surface area (TPSA) is 80.8 Å². The fraction of sp³-hybridized carbons (Fsp3) is 0.185. The number of halogens is 1. The lowest BCUT2D eigenvalue weighted by Gasteiger charge is -2.28. The molecule has 3 aliphatic rings. The van der Waals surface area contributed by atoms with Crippen LogP contribution in [0.1, 0.15) is 37.9 Å². The molecule has 2 saturated heterocycles. The molecule has 34 heavy (non-hydrogen) atoms. The van der Waals surface area contributed by atoms with Gasteiger partial charge in [0.25, 0.3) is 0 Å². The Bertz CT molecular complexity index is 1390. The minimum atomic E-state index is -2.07. The second-order valence-electron chi connectivity index (χ2n) is 8.80. The van der Waals surface area contributed by atoms with Crippen molar-refractivity contribution in [3.63, 3.8) is 0 Å². The number of benzene rings is 3. The van der Waals surface area contributed by atoms with E-state index in [-0.39, 0.29) is 11.1 Å². The van der Waals surface area contributed by atoms with Gasteiger partial charge in [-0.1, -0.05) is 60.7 Å². The zero-order valence-corrected chi connectivity index (χ0v) is 19.6. The van der Waals surface area contributed by atoms with Gasteiger partial charge in [0, 0.05) is 15.6 Å². The number of imide groups is 1. The summed E-state index contributed by atoms with van der Waals surface area (Å²) < 4.78 is 6.89. The molecule has 0 unspecified atom stereocenters. The molecular weight excluding hydrogens is 498 g/mol. The zero-order chi connectivity index (χ0) is 23.8. The monoisotopic (exact) mass is 515 g/mol. The van der Waals surface area contributed by atoms with Crippen molar-refractivity contribution in [2.24, 2.45) is 11.8 Å². The number of fused-ring (bicyclic) bond motifs is 3. The predicted molar refractivity (Wildman–Crippen MR) is 126 cm³/mol. The van der Waals surface area contributed by atoms with Crippen LogP contribution in [-0.4, -0.2) is 29.0 Å². The number of carbonyl (C=O) groups is 4. The van der Waals surface area contributed by atoms with Gasteiger partial charge in [0.15, 0.2) is 0 Å². The van der Waals surface area contributed by atoms with Gasteiger partial charge >= 0.3 is 0 Å². The van der Waals surface area contributed by atoms with Gasteiger partial charge in [0.05, 0.1) is 23.6 Å². The molecule has 7 heteroatoms. The molecule has 0 saturated carbocycles. The van der Waals surface area contributed by atoms with E-state index in [4.69, 9.17) is 4.74 Å². The van der Waals surface area contributed by atoms with Crippen molar-refractivity contribution in [3.8, 4) is 0 Å². The van der Waals surface area contributed by atoms with E-state index in [0.29, 0.717) is 15.7 Å². The summed E-state index contributed by atoms with van der Waals surface area (Å²) in [7, 11) is 0. The maximum Gasteiger partial charge on any atom is 0.241 e. The maximum atomic E-state index is 13.9. The lowest BCUT2D eigenvalue weighted by molar-refractivity contribution is -0.127. The highest BCUT2D eigenvalue weighted by Crippen LogP contribution is 2.58. The normalized spacial score (nSPS) is 24.8. The lowest BCUT2D eigenvalue weighted by Crippen LogP contribution is -2.51. The minimum absolute atomic E-state index is 0.219. The highest BCUT2D eigenvalue weighted by Gasteiger charge is 2.74. The Morgan fingerprint density at radius 1 is 0.794 bits per heavy atom. The first-order valence-electron chi connectivity index (χ1n) is 10.9. The molecule has 0 aromatic heterocycles. The van der Waals surface area contributed by atoms with Crippen LogP contribution < -0.4 is 4.90 Å². The second kappa shape index (κ2) is 7.29. The van der Waals surface area contributed by atoms with Crippen LogP contribution in [0.25, 0.3) is 0 Å². The standard InChI is InChI=1S/C27H18BrNO5/c1-14-8-2-3-9-15(14)22-20-21(26(33)29(25(20)32)19-13-7-6-12-18(19)28)27(34-22)23(30)16-10-4-5-11-17(16)24(27)31/h2-13,20-22H,1H3/t20-,21-,22+/m0/s1. The molecule has 3 aromatic carbocycles. The molecule has 2 heterocycles. The largest absolute Gasteiger partial charge is 0.349 e. The molecule has 1 aliphatic carbocycles. The van der Waals surface area contributed by atoms with E-state index in [2.05, 4.69) is 15.9 Å². The van der Waals surface area contributed by atoms with Crippen LogP contribution in [0.5, 0.6) is 0 Å². The molecule has 1 spiro atoms. The van der Waals surface area contributed by atoms with E-state index in [0.717, 1.165) is 10.5 Å². The van der Waals surface area contributed by atoms with Gasteiger partial charge in [-0.15, -0.1) is 0 Å². The van der Waals surface area contributed by atoms with Crippen molar-refractivity contribution in [2.75, 3.05) is 4.90 Å². The smallest absolute Gasteiger partial charge is 0.241 e. The van der Waals surface area contributed by atoms with Crippen LogP contribution in [0.3, 0.4) is 0 Å². The van der Waals surface area contributed by atoms with E-state index in [1.807, 2.05) is 31.2 Å². The number of carbonyl (C=O) groups excluding carboxylic acids is 4. The summed E-state index contributed by atoms with van der Waals surface area (Å²) in [6, 6.07) is 20.7. The summed E-state index contributed by atoms with van der Waals surface area (Å²) in [6.45, 7) is 1.87. The number of amides is 2. The maximum absolute atomic E-state index is 13.9. The first-order valence-corrected chi connectivity index (χ1v) is 11.7. The van der Waals surface area contributed by atoms with Crippen molar-refractivity contribution in [3.05, 3.63) is 99.5 Å². The number of aryl methyl sites for hydroxylation is 1. The van der Waals surface area contributed by atoms with Gasteiger partial charge < -0.3 is 4.74 Å². The third-order valence-electron chi connectivity index (χ3n) is 7.11. The average molecular weight is 516 g/mol. The Kier molecular flexibility index (Phi) is 4.53. The van der Waals surface area contributed by atoms with Crippen molar-refractivity contribution < 1.29 is 23.9 Å². The first-order chi connectivity index (χ1) is 16.4. The first kappa shape index (κ1) is 21.1. The molecule has 2 aliphatic heterocycles. The third kappa shape index (κ3) is 2.54. The summed E-state index contributed by atoms with van der Waals surface area (Å²) in [5.74, 6) is -4.48. The Morgan fingerprint density at radius 3 is 2.03 bits per heavy atom. The fourth-order valence-corrected chi connectivity index (χ4v) is 6.04. The van der Waals surface area contributed by atoms with E-state index in [9.17, 15) is 19.2 Å². The summed E-state index contributed by atoms with van der Waals surface area (Å²) in [5, 5.41) is 0. The van der Waals surface area contributed by atoms with E-state index in [1.165, 1.54) is 0 Å². The number of para-hydroxylation sites is 1. The Hall–Kier alpha value is -3.42. The van der Waals surface area contributed by atoms with Crippen molar-refractivity contribution in [1.82, 2.24) is 0 Å². The van der Waals surface area contributed by atoms with Crippen LogP contribution in [-0.2, 0) is 14.3 Å². The molecule has 2 fully saturated rings. The van der Waals surface area contributed by atoms with E-state index >= 15 is 0 Å². The van der Waals surface area contributed by atoms with Gasteiger partial charge in [-0.3, -0.25) is 19.2 Å². The predicted octanol–water partition coefficient (Wildman–Crippen LogP) is 4.45. The van der Waals surface area contributed by atoms with Crippen LogP contribution in [0.2, 0.25) is 0 Å². The summed E-state index contributed by atoms with van der Waals surface area (Å²) in [4.78, 5) is 56.4. The second-order valence-corrected chi connectivity index (χ2v) is 9.66. The molecule has 168 valence electrons. The molecule has 2 amide bonds. The van der Waals surface area contributed by atoms with E-state index in [1.54, 1.807) is 48.5 Å². The van der Waals surface area contributed by atoms with Crippen LogP contribution in [0.15, 0.2) is 77.3 Å². The Labute approximate surface area is 203 Å². The minimum Gasteiger partial charge on any atom is -0.349 e. The number of rotatable bonds is 2. The summed E-state index contributed by atoms with van der Waals surface area (Å²) in [5.41, 5.74) is 0.275. The highest BCUT2D eigenvalue weighted by molar-refractivity contribution is 9.10. The van der Waals surface area contributed by atoms with Crippen molar-refractivity contribution in [2.45, 2.75) is 18.6 Å². The van der Waals surface area contributed by atoms with Gasteiger partial charge in [0.2, 0.25) is 29.0 Å². The third-order valence-corrected chi connectivity index (χ3v) is 7.78. The molecule has 3 atom stereocenters. The number of Topliss-reactive ketones (excluding diaryl/α,β-unsaturated/α-hetero) is 2. The van der Waals surface area contributed by atoms with Gasteiger partial charge in [-0.05, 0) is 46.1 Å². The fourth-order valence-electron chi connectivity index (χ4n) is 5.58. The molecule has 0 bridgehead atoms. The molecular formula is C27H18BrNO5. The van der Waals surface area contributed by atoms with Crippen LogP contribution in [0, 0.1) is 18.8 Å². The zero-order valence-electron chi connectivity index (χ0n) is 18.0. The van der Waals surface area contributed by atoms with E-state index < -0.39 is 46.9 Å². The Morgan fingerprint density at radius 2 is 1.38 bits per heavy atom. The van der Waals surface area contributed by atoms with Gasteiger partial charge in [-0.25, -0.2) is 4.90 Å². The average Bonchev–Trinajstić information content (AvgIpc) is 3.40.